The summed E-state index contributed by atoms with van der Waals surface area (Å²) in [6.45, 7) is 2.15. The molecule has 0 saturated carbocycles. The number of hydrogen-bond acceptors (Lipinski definition) is 4. The van der Waals surface area contributed by atoms with Crippen molar-refractivity contribution in [2.24, 2.45) is 0 Å². The van der Waals surface area contributed by atoms with Crippen molar-refractivity contribution >= 4 is 40.9 Å². The van der Waals surface area contributed by atoms with Gasteiger partial charge in [0.05, 0.1) is 29.7 Å². The van der Waals surface area contributed by atoms with Crippen LogP contribution in [0, 0.1) is 0 Å². The fourth-order valence-corrected chi connectivity index (χ4v) is 2.60. The van der Waals surface area contributed by atoms with Crippen LogP contribution in [0.4, 0.5) is 0 Å². The first-order chi connectivity index (χ1) is 9.97. The molecule has 2 unspecified atom stereocenters. The maximum atomic E-state index is 11.8. The van der Waals surface area contributed by atoms with Crippen LogP contribution in [0.2, 0.25) is 10.0 Å². The Balaban J connectivity index is 2.34. The maximum Gasteiger partial charge on any atom is 0.223 e. The van der Waals surface area contributed by atoms with Crippen LogP contribution < -0.4 is 10.1 Å². The van der Waals surface area contributed by atoms with Crippen LogP contribution in [-0.4, -0.2) is 41.8 Å². The Kier molecular flexibility index (Phi) is 8.26. The highest BCUT2D eigenvalue weighted by atomic mass is 35.5. The van der Waals surface area contributed by atoms with Crippen molar-refractivity contribution < 1.29 is 14.6 Å². The number of aliphatic hydroxyl groups excluding tert-OH is 1. The van der Waals surface area contributed by atoms with Gasteiger partial charge in [0.1, 0.15) is 5.75 Å². The molecule has 1 amide bonds. The molecular weight excluding hydrogens is 333 g/mol. The van der Waals surface area contributed by atoms with E-state index in [1.54, 1.807) is 18.2 Å². The maximum absolute atomic E-state index is 11.8. The molecule has 21 heavy (non-hydrogen) atoms. The average Bonchev–Trinajstić information content (AvgIpc) is 2.44. The number of benzene rings is 1. The van der Waals surface area contributed by atoms with Crippen LogP contribution in [0.5, 0.6) is 5.75 Å². The van der Waals surface area contributed by atoms with E-state index in [9.17, 15) is 4.79 Å². The summed E-state index contributed by atoms with van der Waals surface area (Å²) >= 11 is 13.2. The van der Waals surface area contributed by atoms with E-state index < -0.39 is 0 Å². The van der Waals surface area contributed by atoms with Gasteiger partial charge in [-0.25, -0.2) is 0 Å². The predicted octanol–water partition coefficient (Wildman–Crippen LogP) is 2.99. The lowest BCUT2D eigenvalue weighted by atomic mass is 10.2. The van der Waals surface area contributed by atoms with Gasteiger partial charge in [-0.2, -0.15) is 11.8 Å². The lowest BCUT2D eigenvalue weighted by molar-refractivity contribution is -0.122. The number of thioether (sulfide) groups is 1. The first-order valence-corrected chi connectivity index (χ1v) is 8.53. The molecule has 0 bridgehead atoms. The summed E-state index contributed by atoms with van der Waals surface area (Å²) in [5.41, 5.74) is 0. The summed E-state index contributed by atoms with van der Waals surface area (Å²) < 4.78 is 5.45. The summed E-state index contributed by atoms with van der Waals surface area (Å²) in [5.74, 6) is 0.456. The number of halogens is 2. The first-order valence-electron chi connectivity index (χ1n) is 6.48. The van der Waals surface area contributed by atoms with Gasteiger partial charge in [0.15, 0.2) is 0 Å². The Hall–Kier alpha value is -0.620. The number of nitrogens with one attached hydrogen (secondary N) is 1. The Bertz CT molecular complexity index is 470. The molecule has 2 N–H and O–H groups in total. The smallest absolute Gasteiger partial charge is 0.223 e. The molecule has 1 rings (SSSR count). The Labute approximate surface area is 139 Å². The topological polar surface area (TPSA) is 58.6 Å². The zero-order valence-corrected chi connectivity index (χ0v) is 14.3. The van der Waals surface area contributed by atoms with Gasteiger partial charge in [0.25, 0.3) is 0 Å². The number of rotatable bonds is 8. The van der Waals surface area contributed by atoms with Crippen LogP contribution in [-0.2, 0) is 4.79 Å². The molecule has 4 nitrogen and oxygen atoms in total. The van der Waals surface area contributed by atoms with Crippen LogP contribution in [0.3, 0.4) is 0 Å². The van der Waals surface area contributed by atoms with Crippen molar-refractivity contribution in [3.63, 3.8) is 0 Å². The number of carbonyl (C=O) groups excluding carboxylic acids is 1. The Morgan fingerprint density at radius 2 is 2.14 bits per heavy atom. The zero-order chi connectivity index (χ0) is 15.8. The molecule has 1 aromatic rings. The van der Waals surface area contributed by atoms with E-state index in [0.717, 1.165) is 0 Å². The molecule has 0 spiro atoms. The third-order valence-electron chi connectivity index (χ3n) is 2.92. The fourth-order valence-electron chi connectivity index (χ4n) is 1.68. The second kappa shape index (κ2) is 9.41. The van der Waals surface area contributed by atoms with Crippen LogP contribution in [0.1, 0.15) is 13.3 Å². The van der Waals surface area contributed by atoms with Gasteiger partial charge >= 0.3 is 0 Å². The summed E-state index contributed by atoms with van der Waals surface area (Å²) in [4.78, 5) is 11.8. The second-order valence-electron chi connectivity index (χ2n) is 4.49. The van der Waals surface area contributed by atoms with E-state index in [1.165, 1.54) is 11.8 Å². The predicted molar refractivity (Wildman–Crippen MR) is 88.6 cm³/mol. The van der Waals surface area contributed by atoms with Gasteiger partial charge in [-0.3, -0.25) is 4.79 Å². The second-order valence-corrected chi connectivity index (χ2v) is 6.38. The van der Waals surface area contributed by atoms with Gasteiger partial charge in [-0.15, -0.1) is 0 Å². The molecule has 1 aromatic carbocycles. The van der Waals surface area contributed by atoms with Crippen LogP contribution in [0.15, 0.2) is 18.2 Å². The molecule has 0 radical (unpaired) electrons. The van der Waals surface area contributed by atoms with Crippen LogP contribution in [0.25, 0.3) is 0 Å². The molecule has 7 heteroatoms. The molecule has 0 heterocycles. The summed E-state index contributed by atoms with van der Waals surface area (Å²) in [5, 5.41) is 12.9. The largest absolute Gasteiger partial charge is 0.493 e. The van der Waals surface area contributed by atoms with Crippen molar-refractivity contribution in [3.8, 4) is 5.75 Å². The number of aliphatic hydroxyl groups is 1. The molecule has 118 valence electrons. The average molecular weight is 352 g/mol. The summed E-state index contributed by atoms with van der Waals surface area (Å²) in [7, 11) is 0. The zero-order valence-electron chi connectivity index (χ0n) is 11.9. The van der Waals surface area contributed by atoms with E-state index in [1.807, 2.05) is 13.2 Å². The third-order valence-corrected chi connectivity index (χ3v) is 4.82. The van der Waals surface area contributed by atoms with Crippen molar-refractivity contribution in [2.75, 3.05) is 19.5 Å². The number of carbonyl (C=O) groups is 1. The molecule has 0 saturated heterocycles. The Morgan fingerprint density at radius 3 is 2.71 bits per heavy atom. The molecule has 0 aliphatic rings. The minimum absolute atomic E-state index is 0.00931. The molecular formula is C14H19Cl2NO3S. The van der Waals surface area contributed by atoms with Gasteiger partial charge in [0.2, 0.25) is 5.91 Å². The highest BCUT2D eigenvalue weighted by Crippen LogP contribution is 2.26. The standard InChI is InChI=1S/C14H19Cl2NO3S/c1-9(13(8-18)21-2)17-14(19)5-6-20-10-3-4-11(15)12(16)7-10/h3-4,7,9,13,18H,5-6,8H2,1-2H3,(H,17,19). The molecule has 0 aliphatic carbocycles. The normalized spacial score (nSPS) is 13.6. The highest BCUT2D eigenvalue weighted by molar-refractivity contribution is 7.99. The molecule has 2 atom stereocenters. The van der Waals surface area contributed by atoms with Gasteiger partial charge in [-0.1, -0.05) is 23.2 Å². The highest BCUT2D eigenvalue weighted by Gasteiger charge is 2.17. The van der Waals surface area contributed by atoms with Crippen molar-refractivity contribution in [1.29, 1.82) is 0 Å². The van der Waals surface area contributed by atoms with E-state index in [-0.39, 0.29) is 36.8 Å². The van der Waals surface area contributed by atoms with E-state index in [4.69, 9.17) is 33.0 Å². The third kappa shape index (κ3) is 6.34. The van der Waals surface area contributed by atoms with Crippen molar-refractivity contribution in [2.45, 2.75) is 24.6 Å². The monoisotopic (exact) mass is 351 g/mol. The molecule has 0 aromatic heterocycles. The van der Waals surface area contributed by atoms with Gasteiger partial charge in [0, 0.05) is 17.4 Å². The van der Waals surface area contributed by atoms with Crippen LogP contribution >= 0.6 is 35.0 Å². The van der Waals surface area contributed by atoms with Gasteiger partial charge < -0.3 is 15.2 Å². The van der Waals surface area contributed by atoms with Crippen molar-refractivity contribution in [1.82, 2.24) is 5.32 Å². The molecule has 0 aliphatic heterocycles. The minimum Gasteiger partial charge on any atom is -0.493 e. The SMILES string of the molecule is CSC(CO)C(C)NC(=O)CCOc1ccc(Cl)c(Cl)c1. The fraction of sp³-hybridized carbons (Fsp3) is 0.500. The lowest BCUT2D eigenvalue weighted by Crippen LogP contribution is -2.41. The van der Waals surface area contributed by atoms with Crippen molar-refractivity contribution in [3.05, 3.63) is 28.2 Å². The van der Waals surface area contributed by atoms with E-state index in [2.05, 4.69) is 5.32 Å². The minimum atomic E-state index is -0.116. The number of amides is 1. The van der Waals surface area contributed by atoms with E-state index >= 15 is 0 Å². The number of hydrogen-bond donors (Lipinski definition) is 2. The summed E-state index contributed by atoms with van der Waals surface area (Å²) in [6.07, 6.45) is 2.13. The Morgan fingerprint density at radius 1 is 1.43 bits per heavy atom. The molecule has 0 fully saturated rings. The first kappa shape index (κ1) is 18.4. The quantitative estimate of drug-likeness (QED) is 0.755. The number of ether oxygens (including phenoxy) is 1. The van der Waals surface area contributed by atoms with E-state index in [0.29, 0.717) is 15.8 Å². The lowest BCUT2D eigenvalue weighted by Gasteiger charge is -2.21. The summed E-state index contributed by atoms with van der Waals surface area (Å²) in [6, 6.07) is 4.86. The van der Waals surface area contributed by atoms with Gasteiger partial charge in [-0.05, 0) is 25.3 Å².